The van der Waals surface area contributed by atoms with E-state index in [1.54, 1.807) is 12.1 Å². The molecule has 6 nitrogen and oxygen atoms in total. The number of fused-ring (bicyclic) bond motifs is 1. The number of ether oxygens (including phenoxy) is 2. The Kier molecular flexibility index (Phi) is 5.22. The van der Waals surface area contributed by atoms with Crippen LogP contribution in [0.5, 0.6) is 11.5 Å². The number of carbonyl (C=O) groups is 2. The van der Waals surface area contributed by atoms with Crippen molar-refractivity contribution in [3.63, 3.8) is 0 Å². The maximum absolute atomic E-state index is 12.2. The van der Waals surface area contributed by atoms with Crippen LogP contribution in [0.25, 0.3) is 6.08 Å². The van der Waals surface area contributed by atoms with Crippen molar-refractivity contribution in [3.8, 4) is 11.5 Å². The predicted molar refractivity (Wildman–Crippen MR) is 98.9 cm³/mol. The van der Waals surface area contributed by atoms with E-state index in [0.717, 1.165) is 11.1 Å². The van der Waals surface area contributed by atoms with E-state index in [9.17, 15) is 9.59 Å². The molecule has 2 aromatic carbocycles. The lowest BCUT2D eigenvalue weighted by Gasteiger charge is -2.14. The van der Waals surface area contributed by atoms with Crippen LogP contribution in [0.2, 0.25) is 0 Å². The van der Waals surface area contributed by atoms with E-state index in [2.05, 4.69) is 10.6 Å². The van der Waals surface area contributed by atoms with Crippen LogP contribution in [-0.4, -0.2) is 18.6 Å². The van der Waals surface area contributed by atoms with Crippen molar-refractivity contribution in [1.29, 1.82) is 0 Å². The molecule has 0 saturated carbocycles. The van der Waals surface area contributed by atoms with E-state index in [1.165, 1.54) is 13.0 Å². The van der Waals surface area contributed by atoms with Crippen molar-refractivity contribution in [2.24, 2.45) is 0 Å². The van der Waals surface area contributed by atoms with Crippen LogP contribution in [0, 0.1) is 0 Å². The minimum absolute atomic E-state index is 0.134. The molecule has 2 amide bonds. The van der Waals surface area contributed by atoms with E-state index in [-0.39, 0.29) is 24.6 Å². The Bertz CT molecular complexity index is 861. The number of benzene rings is 2. The molecule has 6 heteroatoms. The summed E-state index contributed by atoms with van der Waals surface area (Å²) < 4.78 is 10.6. The molecule has 0 saturated heterocycles. The van der Waals surface area contributed by atoms with E-state index in [1.807, 2.05) is 43.3 Å². The second-order valence-electron chi connectivity index (χ2n) is 5.98. The highest BCUT2D eigenvalue weighted by molar-refractivity contribution is 5.92. The third-order valence-electron chi connectivity index (χ3n) is 3.89. The van der Waals surface area contributed by atoms with Crippen LogP contribution in [-0.2, 0) is 9.59 Å². The first-order chi connectivity index (χ1) is 12.5. The topological polar surface area (TPSA) is 76.7 Å². The summed E-state index contributed by atoms with van der Waals surface area (Å²) in [5.41, 5.74) is 2.46. The number of nitrogens with one attached hydrogen (secondary N) is 2. The van der Waals surface area contributed by atoms with Crippen molar-refractivity contribution in [1.82, 2.24) is 5.32 Å². The number of hydrogen-bond donors (Lipinski definition) is 2. The van der Waals surface area contributed by atoms with Gasteiger partial charge in [-0.2, -0.15) is 0 Å². The van der Waals surface area contributed by atoms with Crippen molar-refractivity contribution in [3.05, 3.63) is 59.7 Å². The normalized spacial score (nSPS) is 13.5. The molecule has 0 bridgehead atoms. The first-order valence-corrected chi connectivity index (χ1v) is 8.27. The van der Waals surface area contributed by atoms with Gasteiger partial charge < -0.3 is 20.1 Å². The van der Waals surface area contributed by atoms with Gasteiger partial charge in [0.2, 0.25) is 18.6 Å². The van der Waals surface area contributed by atoms with E-state index >= 15 is 0 Å². The van der Waals surface area contributed by atoms with Gasteiger partial charge in [0.1, 0.15) is 0 Å². The van der Waals surface area contributed by atoms with Crippen LogP contribution < -0.4 is 20.1 Å². The Morgan fingerprint density at radius 3 is 2.73 bits per heavy atom. The molecule has 1 atom stereocenters. The lowest BCUT2D eigenvalue weighted by molar-refractivity contribution is -0.117. The van der Waals surface area contributed by atoms with Gasteiger partial charge in [0.05, 0.1) is 6.04 Å². The summed E-state index contributed by atoms with van der Waals surface area (Å²) in [6.07, 6.45) is 3.20. The van der Waals surface area contributed by atoms with Crippen LogP contribution in [0.15, 0.2) is 48.5 Å². The lowest BCUT2D eigenvalue weighted by Crippen LogP contribution is -2.24. The lowest BCUT2D eigenvalue weighted by atomic mass is 10.1. The molecular weight excluding hydrogens is 332 g/mol. The molecule has 134 valence electrons. The third kappa shape index (κ3) is 4.42. The fourth-order valence-corrected chi connectivity index (χ4v) is 2.62. The molecule has 0 aliphatic carbocycles. The Hall–Kier alpha value is -3.28. The summed E-state index contributed by atoms with van der Waals surface area (Å²) in [5.74, 6) is 1.04. The van der Waals surface area contributed by atoms with E-state index in [4.69, 9.17) is 9.47 Å². The van der Waals surface area contributed by atoms with Crippen LogP contribution in [0.1, 0.15) is 31.0 Å². The molecule has 1 unspecified atom stereocenters. The zero-order chi connectivity index (χ0) is 18.5. The summed E-state index contributed by atoms with van der Waals surface area (Å²) >= 11 is 0. The second kappa shape index (κ2) is 7.74. The van der Waals surface area contributed by atoms with Crippen molar-refractivity contribution in [2.45, 2.75) is 19.9 Å². The van der Waals surface area contributed by atoms with E-state index in [0.29, 0.717) is 17.2 Å². The first kappa shape index (κ1) is 17.5. The number of rotatable bonds is 5. The predicted octanol–water partition coefficient (Wildman–Crippen LogP) is 3.26. The molecule has 0 aromatic heterocycles. The number of amides is 2. The zero-order valence-electron chi connectivity index (χ0n) is 14.6. The Balaban J connectivity index is 1.61. The Labute approximate surface area is 151 Å². The van der Waals surface area contributed by atoms with Gasteiger partial charge in [0.25, 0.3) is 0 Å². The van der Waals surface area contributed by atoms with Crippen molar-refractivity contribution < 1.29 is 19.1 Å². The molecule has 1 heterocycles. The minimum atomic E-state index is -0.208. The molecule has 2 aromatic rings. The van der Waals surface area contributed by atoms with Crippen LogP contribution in [0.4, 0.5) is 5.69 Å². The van der Waals surface area contributed by atoms with Gasteiger partial charge in [-0.05, 0) is 48.4 Å². The van der Waals surface area contributed by atoms with Gasteiger partial charge in [0.15, 0.2) is 11.5 Å². The summed E-state index contributed by atoms with van der Waals surface area (Å²) in [6.45, 7) is 3.57. The fourth-order valence-electron chi connectivity index (χ4n) is 2.62. The molecule has 2 N–H and O–H groups in total. The quantitative estimate of drug-likeness (QED) is 0.810. The highest BCUT2D eigenvalue weighted by Gasteiger charge is 2.12. The Morgan fingerprint density at radius 2 is 1.92 bits per heavy atom. The number of anilines is 1. The summed E-state index contributed by atoms with van der Waals surface area (Å²) in [6, 6.07) is 12.7. The molecule has 0 spiro atoms. The van der Waals surface area contributed by atoms with Crippen molar-refractivity contribution in [2.75, 3.05) is 12.1 Å². The van der Waals surface area contributed by atoms with Gasteiger partial charge in [-0.1, -0.05) is 18.2 Å². The average molecular weight is 352 g/mol. The van der Waals surface area contributed by atoms with Crippen molar-refractivity contribution >= 4 is 23.6 Å². The number of hydrogen-bond acceptors (Lipinski definition) is 4. The van der Waals surface area contributed by atoms with Gasteiger partial charge in [-0.15, -0.1) is 0 Å². The highest BCUT2D eigenvalue weighted by Crippen LogP contribution is 2.32. The average Bonchev–Trinajstić information content (AvgIpc) is 3.07. The van der Waals surface area contributed by atoms with Crippen LogP contribution in [0.3, 0.4) is 0 Å². The summed E-state index contributed by atoms with van der Waals surface area (Å²) in [7, 11) is 0. The SMILES string of the molecule is CC(=O)Nc1cccc(C(C)NC(=O)/C=C/c2ccc3c(c2)OCO3)c1. The third-order valence-corrected chi connectivity index (χ3v) is 3.89. The summed E-state index contributed by atoms with van der Waals surface area (Å²) in [4.78, 5) is 23.3. The minimum Gasteiger partial charge on any atom is -0.454 e. The van der Waals surface area contributed by atoms with Gasteiger partial charge in [-0.25, -0.2) is 0 Å². The van der Waals surface area contributed by atoms with Gasteiger partial charge in [0, 0.05) is 18.7 Å². The maximum Gasteiger partial charge on any atom is 0.244 e. The largest absolute Gasteiger partial charge is 0.454 e. The Morgan fingerprint density at radius 1 is 1.12 bits per heavy atom. The smallest absolute Gasteiger partial charge is 0.244 e. The maximum atomic E-state index is 12.2. The van der Waals surface area contributed by atoms with Crippen LogP contribution >= 0.6 is 0 Å². The monoisotopic (exact) mass is 352 g/mol. The zero-order valence-corrected chi connectivity index (χ0v) is 14.6. The van der Waals surface area contributed by atoms with E-state index < -0.39 is 0 Å². The summed E-state index contributed by atoms with van der Waals surface area (Å²) in [5, 5.41) is 5.64. The second-order valence-corrected chi connectivity index (χ2v) is 5.98. The molecular formula is C20H20N2O4. The number of carbonyl (C=O) groups excluding carboxylic acids is 2. The molecule has 0 fully saturated rings. The molecule has 1 aliphatic rings. The van der Waals surface area contributed by atoms with Gasteiger partial charge in [-0.3, -0.25) is 9.59 Å². The molecule has 26 heavy (non-hydrogen) atoms. The van der Waals surface area contributed by atoms with Gasteiger partial charge >= 0.3 is 0 Å². The molecule has 1 aliphatic heterocycles. The highest BCUT2D eigenvalue weighted by atomic mass is 16.7. The standard InChI is InChI=1S/C20H20N2O4/c1-13(16-4-3-5-17(11-16)22-14(2)23)21-20(24)9-7-15-6-8-18-19(10-15)26-12-25-18/h3-11,13H,12H2,1-2H3,(H,21,24)(H,22,23)/b9-7+. The fraction of sp³-hybridized carbons (Fsp3) is 0.200. The molecule has 0 radical (unpaired) electrons. The first-order valence-electron chi connectivity index (χ1n) is 8.27. The molecule has 3 rings (SSSR count).